The van der Waals surface area contributed by atoms with Gasteiger partial charge < -0.3 is 4.42 Å². The lowest BCUT2D eigenvalue weighted by molar-refractivity contribution is -0.155. The molecule has 6 aromatic rings. The summed E-state index contributed by atoms with van der Waals surface area (Å²) in [6, 6.07) is 33.8. The second-order valence-corrected chi connectivity index (χ2v) is 13.2. The summed E-state index contributed by atoms with van der Waals surface area (Å²) in [7, 11) is 0. The van der Waals surface area contributed by atoms with Crippen molar-refractivity contribution in [2.45, 2.75) is 50.5 Å². The van der Waals surface area contributed by atoms with Crippen molar-refractivity contribution in [3.63, 3.8) is 0 Å². The molecule has 0 fully saturated rings. The van der Waals surface area contributed by atoms with Gasteiger partial charge in [0.25, 0.3) is 0 Å². The molecule has 0 N–H and O–H groups in total. The van der Waals surface area contributed by atoms with E-state index in [0.717, 1.165) is 26.7 Å². The highest BCUT2D eigenvalue weighted by molar-refractivity contribution is 9.10. The normalized spacial score (nSPS) is 17.0. The van der Waals surface area contributed by atoms with Crippen molar-refractivity contribution < 1.29 is 17.6 Å². The van der Waals surface area contributed by atoms with E-state index in [2.05, 4.69) is 15.9 Å². The molecular weight excluding hydrogens is 679 g/mol. The van der Waals surface area contributed by atoms with Gasteiger partial charge in [-0.05, 0) is 75.6 Å². The fourth-order valence-corrected chi connectivity index (χ4v) is 7.87. The molecule has 48 heavy (non-hydrogen) atoms. The van der Waals surface area contributed by atoms with Gasteiger partial charge in [-0.25, -0.2) is 4.79 Å². The quantitative estimate of drug-likeness (QED) is 0.155. The van der Waals surface area contributed by atoms with Crippen LogP contribution in [-0.4, -0.2) is 33.2 Å². The Bertz CT molecular complexity index is 2030. The molecule has 0 aliphatic carbocycles. The Morgan fingerprint density at radius 2 is 1.44 bits per heavy atom. The van der Waals surface area contributed by atoms with Gasteiger partial charge in [0.05, 0.1) is 23.8 Å². The molecule has 2 aromatic heterocycles. The maximum Gasteiger partial charge on any atom is 0.421 e. The Morgan fingerprint density at radius 3 is 1.96 bits per heavy atom. The zero-order valence-electron chi connectivity index (χ0n) is 26.4. The number of alkyl halides is 3. The number of fused-ring (bicyclic) bond motifs is 3. The van der Waals surface area contributed by atoms with Gasteiger partial charge in [0.1, 0.15) is 5.54 Å². The molecule has 3 heterocycles. The minimum Gasteiger partial charge on any atom is -0.407 e. The van der Waals surface area contributed by atoms with Crippen molar-refractivity contribution in [2.75, 3.05) is 6.54 Å². The summed E-state index contributed by atoms with van der Waals surface area (Å²) in [5, 5.41) is 0. The van der Waals surface area contributed by atoms with Crippen molar-refractivity contribution in [2.24, 2.45) is 0 Å². The van der Waals surface area contributed by atoms with E-state index < -0.39 is 36.1 Å². The van der Waals surface area contributed by atoms with E-state index >= 15 is 0 Å². The summed E-state index contributed by atoms with van der Waals surface area (Å²) in [5.41, 5.74) is 5.17. The summed E-state index contributed by atoms with van der Waals surface area (Å²) in [6.07, 6.45) is -1.95. The third-order valence-corrected chi connectivity index (χ3v) is 9.89. The SMILES string of the molecule is CCc1cc(Br)cnc1[C@@H]1c2ccc3c(oc(=O)n3C(c3ccccc3)(c3ccccc3)c3ccccc3)c2C[C@@H](C)N1CC(F)(F)F. The molecule has 0 saturated heterocycles. The van der Waals surface area contributed by atoms with Gasteiger partial charge in [0.15, 0.2) is 5.58 Å². The molecule has 0 amide bonds. The van der Waals surface area contributed by atoms with Crippen molar-refractivity contribution in [1.29, 1.82) is 0 Å². The highest BCUT2D eigenvalue weighted by Gasteiger charge is 2.45. The predicted octanol–water partition coefficient (Wildman–Crippen LogP) is 9.05. The molecule has 2 atom stereocenters. The minimum absolute atomic E-state index is 0.263. The molecular formula is C39H33BrF3N3O2. The molecule has 0 radical (unpaired) electrons. The van der Waals surface area contributed by atoms with Gasteiger partial charge in [0.2, 0.25) is 0 Å². The number of nitrogens with zero attached hydrogens (tertiary/aromatic N) is 3. The number of hydrogen-bond acceptors (Lipinski definition) is 4. The standard InChI is InChI=1S/C39H33BrF3N3O2/c1-3-26-22-30(40)23-44-34(26)35-31-19-20-33-36(32(31)21-25(2)45(35)24-38(41,42)43)48-37(47)46(33)39(27-13-7-4-8-14-27,28-15-9-5-10-16-28)29-17-11-6-12-18-29/h4-20,22-23,25,35H,3,21,24H2,1-2H3/t25-,35+/m1/s1. The van der Waals surface area contributed by atoms with Gasteiger partial charge in [-0.3, -0.25) is 14.5 Å². The summed E-state index contributed by atoms with van der Waals surface area (Å²) < 4.78 is 51.1. The van der Waals surface area contributed by atoms with E-state index in [1.54, 1.807) is 17.7 Å². The third kappa shape index (κ3) is 5.39. The topological polar surface area (TPSA) is 51.3 Å². The summed E-state index contributed by atoms with van der Waals surface area (Å²) in [6.45, 7) is 2.66. The van der Waals surface area contributed by atoms with Gasteiger partial charge in [0, 0.05) is 22.3 Å². The minimum atomic E-state index is -4.42. The molecule has 1 aliphatic rings. The fourth-order valence-electron chi connectivity index (χ4n) is 7.49. The summed E-state index contributed by atoms with van der Waals surface area (Å²) in [4.78, 5) is 20.6. The van der Waals surface area contributed by atoms with E-state index in [1.165, 1.54) is 4.90 Å². The van der Waals surface area contributed by atoms with Crippen LogP contribution in [0.1, 0.15) is 59.0 Å². The largest absolute Gasteiger partial charge is 0.421 e. The zero-order valence-corrected chi connectivity index (χ0v) is 28.0. The zero-order chi connectivity index (χ0) is 33.6. The van der Waals surface area contributed by atoms with E-state index in [1.807, 2.05) is 116 Å². The number of rotatable bonds is 7. The van der Waals surface area contributed by atoms with Crippen molar-refractivity contribution in [3.8, 4) is 0 Å². The van der Waals surface area contributed by atoms with Gasteiger partial charge in [-0.1, -0.05) is 104 Å². The maximum absolute atomic E-state index is 14.4. The number of pyridine rings is 1. The highest BCUT2D eigenvalue weighted by atomic mass is 79.9. The van der Waals surface area contributed by atoms with Crippen molar-refractivity contribution in [1.82, 2.24) is 14.5 Å². The van der Waals surface area contributed by atoms with Crippen LogP contribution in [0.4, 0.5) is 13.2 Å². The fraction of sp³-hybridized carbons (Fsp3) is 0.231. The van der Waals surface area contributed by atoms with E-state index in [-0.39, 0.29) is 6.42 Å². The van der Waals surface area contributed by atoms with Crippen LogP contribution in [0.5, 0.6) is 0 Å². The Kier molecular flexibility index (Phi) is 8.37. The molecule has 1 aliphatic heterocycles. The van der Waals surface area contributed by atoms with E-state index in [0.29, 0.717) is 34.3 Å². The lowest BCUT2D eigenvalue weighted by Gasteiger charge is -2.42. The Labute approximate surface area is 284 Å². The summed E-state index contributed by atoms with van der Waals surface area (Å²) in [5.74, 6) is -0.562. The van der Waals surface area contributed by atoms with Crippen molar-refractivity contribution >= 4 is 27.0 Å². The van der Waals surface area contributed by atoms with E-state index in [9.17, 15) is 18.0 Å². The number of aryl methyl sites for hydroxylation is 1. The maximum atomic E-state index is 14.4. The average molecular weight is 713 g/mol. The lowest BCUT2D eigenvalue weighted by Crippen LogP contribution is -2.47. The van der Waals surface area contributed by atoms with Crippen LogP contribution in [-0.2, 0) is 18.4 Å². The third-order valence-electron chi connectivity index (χ3n) is 9.46. The van der Waals surface area contributed by atoms with Crippen LogP contribution in [0, 0.1) is 0 Å². The number of aromatic nitrogens is 2. The lowest BCUT2D eigenvalue weighted by atomic mass is 9.76. The number of halogens is 4. The van der Waals surface area contributed by atoms with Crippen LogP contribution in [0.2, 0.25) is 0 Å². The predicted molar refractivity (Wildman–Crippen MR) is 184 cm³/mol. The average Bonchev–Trinajstić information content (AvgIpc) is 3.43. The first kappa shape index (κ1) is 32.1. The second-order valence-electron chi connectivity index (χ2n) is 12.3. The molecule has 0 unspecified atom stereocenters. The molecule has 244 valence electrons. The van der Waals surface area contributed by atoms with Crippen LogP contribution in [0.3, 0.4) is 0 Å². The first-order valence-electron chi connectivity index (χ1n) is 15.9. The number of benzene rings is 4. The van der Waals surface area contributed by atoms with Gasteiger partial charge in [-0.15, -0.1) is 0 Å². The van der Waals surface area contributed by atoms with Gasteiger partial charge >= 0.3 is 11.9 Å². The molecule has 0 saturated carbocycles. The van der Waals surface area contributed by atoms with Crippen LogP contribution >= 0.6 is 15.9 Å². The molecule has 5 nitrogen and oxygen atoms in total. The van der Waals surface area contributed by atoms with Crippen LogP contribution in [0.15, 0.2) is 129 Å². The molecule has 4 aromatic carbocycles. The molecule has 9 heteroatoms. The highest BCUT2D eigenvalue weighted by Crippen LogP contribution is 2.46. The first-order chi connectivity index (χ1) is 23.1. The van der Waals surface area contributed by atoms with E-state index in [4.69, 9.17) is 9.40 Å². The monoisotopic (exact) mass is 711 g/mol. The second kappa shape index (κ2) is 12.5. The first-order valence-corrected chi connectivity index (χ1v) is 16.7. The molecule has 7 rings (SSSR count). The number of hydrogen-bond donors (Lipinski definition) is 0. The Hall–Kier alpha value is -4.47. The summed E-state index contributed by atoms with van der Waals surface area (Å²) >= 11 is 3.48. The van der Waals surface area contributed by atoms with Crippen molar-refractivity contribution in [3.05, 3.63) is 169 Å². The van der Waals surface area contributed by atoms with Crippen LogP contribution < -0.4 is 5.76 Å². The Morgan fingerprint density at radius 1 is 0.875 bits per heavy atom. The smallest absolute Gasteiger partial charge is 0.407 e. The Balaban J connectivity index is 1.55. The van der Waals surface area contributed by atoms with Gasteiger partial charge in [-0.2, -0.15) is 13.2 Å². The van der Waals surface area contributed by atoms with Crippen LogP contribution in [0.25, 0.3) is 11.1 Å². The molecule has 0 bridgehead atoms. The number of oxazole rings is 1. The molecule has 0 spiro atoms.